The zero-order valence-electron chi connectivity index (χ0n) is 41.6. The van der Waals surface area contributed by atoms with Crippen LogP contribution in [0.25, 0.3) is 9.69 Å². The lowest BCUT2D eigenvalue weighted by atomic mass is 9.99. The third-order valence-electron chi connectivity index (χ3n) is 10.7. The third kappa shape index (κ3) is 19.9. The SMILES string of the molecule is C.COC1OC(C(=O)O)C(O)C(O)C1O.COC1OC(OCO)C(O)C(O)C1O.[C-]#[N+]c1ccc(NC(=O)[C@@](C)(O)COc2ccc(C#N)cc2)cc1Cl.[C-]#[N+]c1ccc(NC(=O)[C@@](C)(O)COc2ccc(C#N)cc2)cc1Cl. The van der Waals surface area contributed by atoms with Crippen molar-refractivity contribution in [2.24, 2.45) is 0 Å². The van der Waals surface area contributed by atoms with Gasteiger partial charge in [-0.15, -0.1) is 0 Å². The first kappa shape index (κ1) is 68.0. The van der Waals surface area contributed by atoms with Crippen molar-refractivity contribution in [2.75, 3.05) is 44.9 Å². The molecule has 2 amide bonds. The fraction of sp³-hybridized carbons (Fsp3) is 0.392. The average molecular weight is 1150 g/mol. The van der Waals surface area contributed by atoms with Gasteiger partial charge in [-0.1, -0.05) is 42.8 Å². The van der Waals surface area contributed by atoms with E-state index in [1.54, 1.807) is 48.5 Å². The summed E-state index contributed by atoms with van der Waals surface area (Å²) in [4.78, 5) is 41.5. The summed E-state index contributed by atoms with van der Waals surface area (Å²) in [7, 11) is 2.46. The van der Waals surface area contributed by atoms with Gasteiger partial charge in [-0.3, -0.25) is 9.59 Å². The van der Waals surface area contributed by atoms with Crippen LogP contribution in [0.4, 0.5) is 22.7 Å². The molecule has 0 bridgehead atoms. The maximum absolute atomic E-state index is 12.2. The summed E-state index contributed by atoms with van der Waals surface area (Å²) >= 11 is 11.8. The van der Waals surface area contributed by atoms with Gasteiger partial charge in [0.1, 0.15) is 68.1 Å². The fourth-order valence-electron chi connectivity index (χ4n) is 6.18. The number of amides is 2. The number of hydrogen-bond acceptors (Lipinski definition) is 21. The number of benzene rings is 4. The Morgan fingerprint density at radius 1 is 0.633 bits per heavy atom. The predicted octanol–water partition coefficient (Wildman–Crippen LogP) is 2.59. The first-order valence-electron chi connectivity index (χ1n) is 22.4. The molecule has 4 aromatic carbocycles. The van der Waals surface area contributed by atoms with E-state index < -0.39 is 97.4 Å². The lowest BCUT2D eigenvalue weighted by Crippen LogP contribution is -2.60. The number of anilines is 2. The van der Waals surface area contributed by atoms with E-state index in [1.165, 1.54) is 64.5 Å². The van der Waals surface area contributed by atoms with Crippen LogP contribution < -0.4 is 20.1 Å². The monoisotopic (exact) mass is 1140 g/mol. The van der Waals surface area contributed by atoms with E-state index in [9.17, 15) is 55.2 Å². The molecular weight excluding hydrogens is 1090 g/mol. The second kappa shape index (κ2) is 32.1. The van der Waals surface area contributed by atoms with Crippen molar-refractivity contribution in [1.29, 1.82) is 10.5 Å². The molecule has 2 aliphatic rings. The van der Waals surface area contributed by atoms with Crippen LogP contribution >= 0.6 is 23.2 Å². The molecule has 4 aromatic rings. The van der Waals surface area contributed by atoms with Gasteiger partial charge in [-0.2, -0.15) is 10.5 Å². The van der Waals surface area contributed by atoms with E-state index in [-0.39, 0.29) is 42.1 Å². The molecule has 2 aliphatic heterocycles. The smallest absolute Gasteiger partial charge is 0.335 e. The molecule has 28 heteroatoms. The second-order valence-corrected chi connectivity index (χ2v) is 17.5. The van der Waals surface area contributed by atoms with Crippen LogP contribution in [0.5, 0.6) is 11.5 Å². The van der Waals surface area contributed by atoms with Crippen molar-refractivity contribution >= 4 is 63.7 Å². The average Bonchev–Trinajstić information content (AvgIpc) is 3.43. The summed E-state index contributed by atoms with van der Waals surface area (Å²) in [5.41, 5.74) is -1.35. The number of aliphatic hydroxyl groups excluding tert-OH is 7. The van der Waals surface area contributed by atoms with Gasteiger partial charge in [-0.25, -0.2) is 14.5 Å². The predicted molar refractivity (Wildman–Crippen MR) is 277 cm³/mol. The van der Waals surface area contributed by atoms with Gasteiger partial charge in [0.15, 0.2) is 36.2 Å². The summed E-state index contributed by atoms with van der Waals surface area (Å²) in [6.45, 7) is 15.3. The maximum Gasteiger partial charge on any atom is 0.335 e. The van der Waals surface area contributed by atoms with Crippen LogP contribution in [0, 0.1) is 35.8 Å². The van der Waals surface area contributed by atoms with Crippen LogP contribution in [-0.4, -0.2) is 176 Å². The van der Waals surface area contributed by atoms with Gasteiger partial charge in [0.05, 0.1) is 36.4 Å². The summed E-state index contributed by atoms with van der Waals surface area (Å²) in [5.74, 6) is -1.92. The summed E-state index contributed by atoms with van der Waals surface area (Å²) in [6, 6.07) is 25.5. The lowest BCUT2D eigenvalue weighted by molar-refractivity contribution is -0.353. The Morgan fingerprint density at radius 3 is 1.33 bits per heavy atom. The number of carbonyl (C=O) groups is 3. The van der Waals surface area contributed by atoms with E-state index in [0.717, 1.165) is 0 Å². The van der Waals surface area contributed by atoms with Gasteiger partial charge < -0.3 is 94.9 Å². The molecule has 0 aromatic heterocycles. The number of rotatable bonds is 15. The summed E-state index contributed by atoms with van der Waals surface area (Å²) < 4.78 is 34.3. The van der Waals surface area contributed by atoms with E-state index in [4.69, 9.17) is 80.8 Å². The highest BCUT2D eigenvalue weighted by atomic mass is 35.5. The Kier molecular flexibility index (Phi) is 27.6. The van der Waals surface area contributed by atoms with Crippen molar-refractivity contribution in [3.8, 4) is 23.6 Å². The molecule has 0 spiro atoms. The summed E-state index contributed by atoms with van der Waals surface area (Å²) in [5, 5.41) is 116. The van der Waals surface area contributed by atoms with Gasteiger partial charge in [0.25, 0.3) is 11.8 Å². The molecule has 0 radical (unpaired) electrons. The fourth-order valence-corrected chi connectivity index (χ4v) is 6.63. The van der Waals surface area contributed by atoms with Crippen molar-refractivity contribution < 1.29 is 98.6 Å². The Bertz CT molecular complexity index is 2650. The van der Waals surface area contributed by atoms with Crippen LogP contribution in [0.2, 0.25) is 10.0 Å². The molecule has 26 nitrogen and oxygen atoms in total. The Hall–Kier alpha value is -7.13. The Balaban J connectivity index is 0.000000372. The maximum atomic E-state index is 12.2. The zero-order valence-corrected chi connectivity index (χ0v) is 43.1. The van der Waals surface area contributed by atoms with Crippen LogP contribution in [0.15, 0.2) is 84.9 Å². The number of methoxy groups -OCH3 is 2. The summed E-state index contributed by atoms with van der Waals surface area (Å²) in [6.07, 6.45) is -14.1. The zero-order chi connectivity index (χ0) is 58.5. The quantitative estimate of drug-likeness (QED) is 0.0601. The molecule has 426 valence electrons. The number of ether oxygens (including phenoxy) is 7. The van der Waals surface area contributed by atoms with Gasteiger partial charge >= 0.3 is 5.97 Å². The van der Waals surface area contributed by atoms with Crippen molar-refractivity contribution in [1.82, 2.24) is 0 Å². The highest BCUT2D eigenvalue weighted by Crippen LogP contribution is 2.30. The largest absolute Gasteiger partial charge is 0.490 e. The number of aliphatic carboxylic acids is 1. The highest BCUT2D eigenvalue weighted by molar-refractivity contribution is 6.34. The molecule has 6 rings (SSSR count). The topological polar surface area (TPSA) is 398 Å². The number of carboxylic acid groups (broad SMARTS) is 1. The third-order valence-corrected chi connectivity index (χ3v) is 11.3. The minimum Gasteiger partial charge on any atom is -0.490 e. The molecule has 2 saturated heterocycles. The number of carbonyl (C=O) groups excluding carboxylic acids is 2. The van der Waals surface area contributed by atoms with Crippen molar-refractivity contribution in [3.05, 3.63) is 129 Å². The number of carboxylic acids is 1. The molecule has 79 heavy (non-hydrogen) atoms. The number of nitrogens with zero attached hydrogens (tertiary/aromatic N) is 4. The lowest BCUT2D eigenvalue weighted by Gasteiger charge is -2.38. The number of hydrogen-bond donors (Lipinski definition) is 12. The molecule has 12 N–H and O–H groups in total. The number of nitrogens with one attached hydrogen (secondary N) is 2. The molecule has 0 aliphatic carbocycles. The molecule has 2 heterocycles. The van der Waals surface area contributed by atoms with Crippen LogP contribution in [-0.2, 0) is 38.1 Å². The molecule has 10 unspecified atom stereocenters. The number of aliphatic hydroxyl groups is 9. The van der Waals surface area contributed by atoms with Crippen molar-refractivity contribution in [2.45, 2.75) is 94.1 Å². The minimum absolute atomic E-state index is 0. The standard InChI is InChI=1S/2C18H14ClN3O3.C7H14O7.C7H12O7.CH4/c2*1-18(24,11-25-14-6-3-12(10-20)4-7-14)17(23)22-13-5-8-16(21-2)15(19)9-13;1-12-6-4(10)3(9)5(11)7(14-6)13-2-8;1-13-7-4(10)2(8)3(9)5(14-7)6(11)12;/h2*3-9,24H,11H2,1H3,(H,22,23);3-11H,2H2,1H3;2-5,7-10H,1H3,(H,11,12);1H4/t2*18-;;;/m00.../s1. The van der Waals surface area contributed by atoms with E-state index in [2.05, 4.69) is 29.8 Å². The Morgan fingerprint density at radius 2 is 1.00 bits per heavy atom. The van der Waals surface area contributed by atoms with Gasteiger partial charge in [0, 0.05) is 35.6 Å². The second-order valence-electron chi connectivity index (χ2n) is 16.7. The first-order chi connectivity index (χ1) is 36.8. The highest BCUT2D eigenvalue weighted by Gasteiger charge is 2.47. The minimum atomic E-state index is -1.79. The molecule has 0 saturated carbocycles. The number of nitriles is 2. The van der Waals surface area contributed by atoms with Gasteiger partial charge in [-0.05, 0) is 86.6 Å². The number of halogens is 2. The molecule has 12 atom stereocenters. The van der Waals surface area contributed by atoms with Crippen LogP contribution in [0.1, 0.15) is 32.4 Å². The normalized spacial score (nSPS) is 23.3. The van der Waals surface area contributed by atoms with Gasteiger partial charge in [0.2, 0.25) is 11.4 Å². The van der Waals surface area contributed by atoms with E-state index in [1.807, 2.05) is 12.1 Å². The van der Waals surface area contributed by atoms with Crippen LogP contribution in [0.3, 0.4) is 0 Å². The van der Waals surface area contributed by atoms with E-state index >= 15 is 0 Å². The van der Waals surface area contributed by atoms with E-state index in [0.29, 0.717) is 34.0 Å². The van der Waals surface area contributed by atoms with Crippen molar-refractivity contribution in [3.63, 3.8) is 0 Å². The first-order valence-corrected chi connectivity index (χ1v) is 23.1. The molecule has 2 fully saturated rings. The molecular formula is C51H58Cl2N6O20. The Labute approximate surface area is 462 Å².